The standard InChI is InChI=1S/C36H39FN4O3.C2H6/c1-3-10-30(17-27(2)37)22-41-26-38-20-32(41)23-40-24-36(42)39-21-31(40)18-29-13-9-14-33(19-29)44-35-16-8-7-15-34(35)43-25-28-11-5-4-6-12-28;1-2/h3-7,9-15,17,19-20,26,31H,1,8,16,18,21-25H2,2H3,(H,39,42);1-2H3/b27-17+,30-10+;. The average molecular weight is 625 g/mol. The molecule has 0 spiro atoms. The number of piperazine rings is 1. The molecule has 242 valence electrons. The Hall–Kier alpha value is -4.69. The monoisotopic (exact) mass is 624 g/mol. The first-order valence-electron chi connectivity index (χ1n) is 15.9. The number of hydrogen-bond acceptors (Lipinski definition) is 5. The molecule has 3 aromatic rings. The van der Waals surface area contributed by atoms with Gasteiger partial charge in [0.25, 0.3) is 0 Å². The molecule has 0 radical (unpaired) electrons. The van der Waals surface area contributed by atoms with Crippen molar-refractivity contribution in [3.63, 3.8) is 0 Å². The summed E-state index contributed by atoms with van der Waals surface area (Å²) in [5, 5.41) is 3.03. The van der Waals surface area contributed by atoms with E-state index in [2.05, 4.69) is 40.0 Å². The first-order chi connectivity index (χ1) is 22.5. The summed E-state index contributed by atoms with van der Waals surface area (Å²) < 4.78 is 28.1. The number of carbonyl (C=O) groups excluding carboxylic acids is 1. The molecule has 8 heteroatoms. The quantitative estimate of drug-likeness (QED) is 0.199. The van der Waals surface area contributed by atoms with Crippen LogP contribution in [0, 0.1) is 0 Å². The molecule has 1 aliphatic heterocycles. The van der Waals surface area contributed by atoms with Crippen molar-refractivity contribution in [1.82, 2.24) is 19.8 Å². The van der Waals surface area contributed by atoms with Gasteiger partial charge in [0, 0.05) is 38.3 Å². The SMILES string of the molecule is C=C/C=C(\C=C(/C)F)Cn1cncc1CN1CC(=O)NCC1Cc1cccc(OC2=C(OCc3ccccc3)C=CCC2)c1.CC. The van der Waals surface area contributed by atoms with Gasteiger partial charge in [-0.15, -0.1) is 0 Å². The van der Waals surface area contributed by atoms with E-state index >= 15 is 0 Å². The lowest BCUT2D eigenvalue weighted by Crippen LogP contribution is -2.54. The molecule has 5 rings (SSSR count). The minimum Gasteiger partial charge on any atom is -0.485 e. The van der Waals surface area contributed by atoms with Gasteiger partial charge in [0.15, 0.2) is 5.76 Å². The van der Waals surface area contributed by atoms with E-state index in [0.717, 1.165) is 58.9 Å². The van der Waals surface area contributed by atoms with Gasteiger partial charge in [-0.25, -0.2) is 9.37 Å². The molecule has 2 aromatic carbocycles. The van der Waals surface area contributed by atoms with Gasteiger partial charge in [-0.3, -0.25) is 9.69 Å². The number of hydrogen-bond donors (Lipinski definition) is 1. The van der Waals surface area contributed by atoms with E-state index in [9.17, 15) is 9.18 Å². The molecule has 1 aromatic heterocycles. The average Bonchev–Trinajstić information content (AvgIpc) is 3.49. The molecular formula is C38H45FN4O3. The smallest absolute Gasteiger partial charge is 0.234 e. The lowest BCUT2D eigenvalue weighted by Gasteiger charge is -2.35. The van der Waals surface area contributed by atoms with E-state index in [1.807, 2.05) is 67.0 Å². The topological polar surface area (TPSA) is 68.6 Å². The summed E-state index contributed by atoms with van der Waals surface area (Å²) in [6, 6.07) is 18.3. The van der Waals surface area contributed by atoms with Crippen molar-refractivity contribution in [2.45, 2.75) is 65.8 Å². The van der Waals surface area contributed by atoms with E-state index in [1.54, 1.807) is 24.7 Å². The van der Waals surface area contributed by atoms with Crippen LogP contribution in [0.5, 0.6) is 5.75 Å². The van der Waals surface area contributed by atoms with Crippen LogP contribution in [0.15, 0.2) is 127 Å². The van der Waals surface area contributed by atoms with Crippen LogP contribution in [0.1, 0.15) is 50.4 Å². The number of amides is 1. The van der Waals surface area contributed by atoms with Crippen LogP contribution < -0.4 is 10.1 Å². The van der Waals surface area contributed by atoms with Crippen LogP contribution in [0.2, 0.25) is 0 Å². The van der Waals surface area contributed by atoms with Crippen molar-refractivity contribution >= 4 is 5.91 Å². The molecule has 1 fully saturated rings. The van der Waals surface area contributed by atoms with E-state index in [4.69, 9.17) is 9.47 Å². The van der Waals surface area contributed by atoms with Crippen LogP contribution in [-0.2, 0) is 35.6 Å². The number of halogens is 1. The maximum atomic E-state index is 13.6. The van der Waals surface area contributed by atoms with Crippen LogP contribution in [0.25, 0.3) is 0 Å². The zero-order valence-electron chi connectivity index (χ0n) is 27.1. The van der Waals surface area contributed by atoms with E-state index < -0.39 is 0 Å². The van der Waals surface area contributed by atoms with Gasteiger partial charge in [-0.2, -0.15) is 0 Å². The Morgan fingerprint density at radius 3 is 2.74 bits per heavy atom. The van der Waals surface area contributed by atoms with Crippen LogP contribution >= 0.6 is 0 Å². The molecule has 1 amide bonds. The summed E-state index contributed by atoms with van der Waals surface area (Å²) in [6.45, 7) is 11.5. The van der Waals surface area contributed by atoms with Crippen molar-refractivity contribution in [3.8, 4) is 5.75 Å². The molecule has 1 aliphatic carbocycles. The van der Waals surface area contributed by atoms with E-state index in [1.165, 1.54) is 13.0 Å². The Labute approximate surface area is 272 Å². The van der Waals surface area contributed by atoms with Crippen LogP contribution in [0.4, 0.5) is 4.39 Å². The normalized spacial score (nSPS) is 17.2. The molecule has 1 N–H and O–H groups in total. The first-order valence-corrected chi connectivity index (χ1v) is 15.9. The third kappa shape index (κ3) is 10.2. The molecule has 46 heavy (non-hydrogen) atoms. The van der Waals surface area contributed by atoms with Crippen molar-refractivity contribution in [1.29, 1.82) is 0 Å². The lowest BCUT2D eigenvalue weighted by atomic mass is 10.0. The summed E-state index contributed by atoms with van der Waals surface area (Å²) in [4.78, 5) is 19.0. The molecule has 0 saturated carbocycles. The van der Waals surface area contributed by atoms with Crippen molar-refractivity contribution in [3.05, 3.63) is 144 Å². The molecule has 1 atom stereocenters. The number of nitrogens with one attached hydrogen (secondary N) is 1. The number of allylic oxidation sites excluding steroid dienone is 8. The van der Waals surface area contributed by atoms with Gasteiger partial charge in [-0.05, 0) is 60.8 Å². The second kappa shape index (κ2) is 17.7. The zero-order chi connectivity index (χ0) is 32.7. The highest BCUT2D eigenvalue weighted by molar-refractivity contribution is 5.78. The number of imidazole rings is 1. The summed E-state index contributed by atoms with van der Waals surface area (Å²) in [5.74, 6) is 2.06. The zero-order valence-corrected chi connectivity index (χ0v) is 27.1. The fraction of sp³-hybridized carbons (Fsp3) is 0.316. The molecule has 2 aliphatic rings. The molecule has 2 heterocycles. The van der Waals surface area contributed by atoms with Crippen LogP contribution in [0.3, 0.4) is 0 Å². The molecule has 1 unspecified atom stereocenters. The third-order valence-corrected chi connectivity index (χ3v) is 7.56. The van der Waals surface area contributed by atoms with Gasteiger partial charge < -0.3 is 19.4 Å². The predicted molar refractivity (Wildman–Crippen MR) is 181 cm³/mol. The summed E-state index contributed by atoms with van der Waals surface area (Å²) >= 11 is 0. The summed E-state index contributed by atoms with van der Waals surface area (Å²) in [6.07, 6.45) is 15.0. The Morgan fingerprint density at radius 1 is 1.15 bits per heavy atom. The molecule has 0 bridgehead atoms. The number of rotatable bonds is 13. The van der Waals surface area contributed by atoms with Crippen molar-refractivity contribution in [2.75, 3.05) is 13.1 Å². The number of ether oxygens (including phenoxy) is 2. The number of aromatic nitrogens is 2. The molecular weight excluding hydrogens is 579 g/mol. The van der Waals surface area contributed by atoms with Crippen molar-refractivity contribution < 1.29 is 18.7 Å². The summed E-state index contributed by atoms with van der Waals surface area (Å²) in [5.41, 5.74) is 3.94. The predicted octanol–water partition coefficient (Wildman–Crippen LogP) is 7.60. The highest BCUT2D eigenvalue weighted by atomic mass is 19.1. The highest BCUT2D eigenvalue weighted by Gasteiger charge is 2.28. The largest absolute Gasteiger partial charge is 0.485 e. The Morgan fingerprint density at radius 2 is 1.96 bits per heavy atom. The van der Waals surface area contributed by atoms with Gasteiger partial charge >= 0.3 is 0 Å². The Bertz CT molecular complexity index is 1570. The number of carbonyl (C=O) groups is 1. The minimum absolute atomic E-state index is 0.00653. The van der Waals surface area contributed by atoms with E-state index in [0.29, 0.717) is 26.2 Å². The van der Waals surface area contributed by atoms with Crippen molar-refractivity contribution in [2.24, 2.45) is 0 Å². The fourth-order valence-corrected chi connectivity index (χ4v) is 5.43. The van der Waals surface area contributed by atoms with E-state index in [-0.39, 0.29) is 24.3 Å². The minimum atomic E-state index is -0.272. The van der Waals surface area contributed by atoms with Gasteiger partial charge in [0.1, 0.15) is 18.1 Å². The highest BCUT2D eigenvalue weighted by Crippen LogP contribution is 2.27. The Kier molecular flexibility index (Phi) is 13.2. The number of benzene rings is 2. The van der Waals surface area contributed by atoms with Crippen LogP contribution in [-0.4, -0.2) is 39.5 Å². The molecule has 1 saturated heterocycles. The lowest BCUT2D eigenvalue weighted by molar-refractivity contribution is -0.125. The number of nitrogens with zero attached hydrogens (tertiary/aromatic N) is 3. The second-order valence-corrected chi connectivity index (χ2v) is 11.0. The third-order valence-electron chi connectivity index (χ3n) is 7.56. The Balaban J connectivity index is 0.00000235. The molecule has 7 nitrogen and oxygen atoms in total. The maximum absolute atomic E-state index is 13.6. The van der Waals surface area contributed by atoms with Gasteiger partial charge in [0.2, 0.25) is 5.91 Å². The second-order valence-electron chi connectivity index (χ2n) is 11.0. The maximum Gasteiger partial charge on any atom is 0.234 e. The first kappa shape index (κ1) is 34.2. The van der Waals surface area contributed by atoms with Gasteiger partial charge in [0.05, 0.1) is 24.4 Å². The summed E-state index contributed by atoms with van der Waals surface area (Å²) in [7, 11) is 0. The fourth-order valence-electron chi connectivity index (χ4n) is 5.43. The van der Waals surface area contributed by atoms with Gasteiger partial charge in [-0.1, -0.05) is 81.1 Å².